The van der Waals surface area contributed by atoms with Crippen LogP contribution in [0, 0.1) is 35.5 Å². The van der Waals surface area contributed by atoms with Gasteiger partial charge in [-0.05, 0) is 418 Å². The Balaban J connectivity index is 0.000000129. The van der Waals surface area contributed by atoms with E-state index < -0.39 is 0 Å². The van der Waals surface area contributed by atoms with Gasteiger partial charge in [-0.15, -0.1) is 0 Å². The number of piperidine rings is 6. The van der Waals surface area contributed by atoms with Crippen LogP contribution in [0.3, 0.4) is 0 Å². The first kappa shape index (κ1) is 105. The van der Waals surface area contributed by atoms with E-state index in [9.17, 15) is 28.8 Å². The standard InChI is InChI=1S/2C28H32Br2ClN3O2.2C27H27Br2ClN3O/c2*1-17(35)33-10-6-18(7-11-33)14-25(36)34-12-8-19(9-13-34)26-22-4-5-24(31)27(30)23(22)3-2-20-15-21(29)16-32-28(20)26;2*1-32-10-6-17(7-11-32)14-24(34)33-12-8-18(9-13-33)25-21-4-5-23(30)26(29)22(21)3-2-19-15-20(28)16-31-27(19)25/h2*4-5,15-16,18-19,26H,2-3,6-14H2,1H3;2*4-7,10-11,15-16,18,25H,2-3,8-9,12-14H2,1H3/q;;2*+1. The van der Waals surface area contributed by atoms with E-state index in [1.807, 2.05) is 141 Å². The second kappa shape index (κ2) is 47.6. The molecule has 0 radical (unpaired) electrons. The maximum atomic E-state index is 13.1. The Morgan fingerprint density at radius 1 is 0.307 bits per heavy atom. The maximum absolute atomic E-state index is 13.1. The molecule has 10 aliphatic rings. The molecule has 4 aromatic carbocycles. The first-order valence-corrected chi connectivity index (χ1v) is 57.2. The van der Waals surface area contributed by atoms with E-state index in [2.05, 4.69) is 186 Å². The van der Waals surface area contributed by atoms with Gasteiger partial charge in [0.05, 0.1) is 55.7 Å². The van der Waals surface area contributed by atoms with Gasteiger partial charge in [0.15, 0.2) is 24.8 Å². The number of benzene rings is 4. The number of carbonyl (C=O) groups is 6. The molecule has 6 fully saturated rings. The van der Waals surface area contributed by atoms with Crippen LogP contribution in [0.1, 0.15) is 228 Å². The lowest BCUT2D eigenvalue weighted by molar-refractivity contribution is -0.671. The lowest BCUT2D eigenvalue weighted by atomic mass is 9.76. The molecule has 18 nitrogen and oxygen atoms in total. The van der Waals surface area contributed by atoms with Gasteiger partial charge < -0.3 is 29.4 Å². The number of carbonyl (C=O) groups excluding carboxylic acids is 6. The van der Waals surface area contributed by atoms with Gasteiger partial charge in [-0.2, -0.15) is 0 Å². The zero-order chi connectivity index (χ0) is 98.4. The van der Waals surface area contributed by atoms with Crippen molar-refractivity contribution >= 4 is 209 Å². The van der Waals surface area contributed by atoms with Gasteiger partial charge in [0, 0.05) is 214 Å². The fraction of sp³-hybridized carbons (Fsp3) is 0.455. The summed E-state index contributed by atoms with van der Waals surface area (Å²) in [6.07, 6.45) is 36.7. The van der Waals surface area contributed by atoms with E-state index in [0.717, 1.165) is 274 Å². The Kier molecular flexibility index (Phi) is 35.7. The molecule has 4 atom stereocenters. The van der Waals surface area contributed by atoms with Gasteiger partial charge in [-0.1, -0.05) is 70.7 Å². The van der Waals surface area contributed by atoms with Crippen LogP contribution < -0.4 is 9.13 Å². The Morgan fingerprint density at radius 3 is 0.757 bits per heavy atom. The third-order valence-electron chi connectivity index (χ3n) is 31.2. The number of likely N-dealkylation sites (tertiary alicyclic amines) is 6. The van der Waals surface area contributed by atoms with Crippen LogP contribution in [-0.4, -0.2) is 163 Å². The van der Waals surface area contributed by atoms with Crippen LogP contribution in [0.2, 0.25) is 20.1 Å². The first-order valence-electron chi connectivity index (χ1n) is 49.4. The van der Waals surface area contributed by atoms with E-state index in [0.29, 0.717) is 61.2 Å². The second-order valence-electron chi connectivity index (χ2n) is 39.7. The number of fused-ring (bicyclic) bond motifs is 8. The third-order valence-corrected chi connectivity index (χ3v) is 38.7. The highest BCUT2D eigenvalue weighted by molar-refractivity contribution is 9.11. The van der Waals surface area contributed by atoms with Gasteiger partial charge >= 0.3 is 0 Å². The zero-order valence-corrected chi connectivity index (χ0v) is 95.1. The van der Waals surface area contributed by atoms with Crippen molar-refractivity contribution in [1.29, 1.82) is 0 Å². The summed E-state index contributed by atoms with van der Waals surface area (Å²) in [4.78, 5) is 107. The Bertz CT molecular complexity index is 5880. The average Bonchev–Trinajstić information content (AvgIpc) is 1.59. The van der Waals surface area contributed by atoms with E-state index in [1.165, 1.54) is 89.5 Å². The summed E-state index contributed by atoms with van der Waals surface area (Å²) in [6.45, 7) is 12.7. The first-order chi connectivity index (χ1) is 67.4. The summed E-state index contributed by atoms with van der Waals surface area (Å²) in [5.74, 6) is 4.54. The van der Waals surface area contributed by atoms with Gasteiger partial charge in [0.2, 0.25) is 35.4 Å². The molecule has 0 N–H and O–H groups in total. The fourth-order valence-corrected chi connectivity index (χ4v) is 28.0. The molecule has 4 unspecified atom stereocenters. The zero-order valence-electron chi connectivity index (χ0n) is 79.4. The number of halogens is 12. The predicted molar refractivity (Wildman–Crippen MR) is 580 cm³/mol. The van der Waals surface area contributed by atoms with Gasteiger partial charge in [0.25, 0.3) is 0 Å². The van der Waals surface area contributed by atoms with Crippen molar-refractivity contribution in [2.45, 2.75) is 192 Å². The summed E-state index contributed by atoms with van der Waals surface area (Å²) < 4.78 is 12.0. The second-order valence-corrected chi connectivity index (χ2v) is 48.2. The molecule has 12 heterocycles. The lowest BCUT2D eigenvalue weighted by Gasteiger charge is -2.38. The number of nitrogens with zero attached hydrogens (tertiary/aromatic N) is 12. The Morgan fingerprint density at radius 2 is 0.529 bits per heavy atom. The van der Waals surface area contributed by atoms with E-state index in [-0.39, 0.29) is 59.1 Å². The number of aryl methyl sites for hydroxylation is 6. The van der Waals surface area contributed by atoms with Crippen molar-refractivity contribution in [2.24, 2.45) is 49.6 Å². The number of pyridine rings is 6. The molecule has 0 bridgehead atoms. The van der Waals surface area contributed by atoms with Crippen molar-refractivity contribution < 1.29 is 37.9 Å². The molecular weight excluding hydrogens is 2370 g/mol. The monoisotopic (exact) mass is 2470 g/mol. The summed E-state index contributed by atoms with van der Waals surface area (Å²) in [5.41, 5.74) is 22.5. The summed E-state index contributed by atoms with van der Waals surface area (Å²) >= 11 is 55.4. The third kappa shape index (κ3) is 24.7. The van der Waals surface area contributed by atoms with Crippen molar-refractivity contribution in [3.05, 3.63) is 303 Å². The van der Waals surface area contributed by atoms with Crippen LogP contribution >= 0.6 is 174 Å². The summed E-state index contributed by atoms with van der Waals surface area (Å²) in [5, 5.41) is 3.02. The molecule has 4 aliphatic carbocycles. The van der Waals surface area contributed by atoms with Crippen LogP contribution in [0.25, 0.3) is 0 Å². The highest BCUT2D eigenvalue weighted by Gasteiger charge is 2.43. The maximum Gasteiger partial charge on any atom is 0.226 e. The largest absolute Gasteiger partial charge is 0.343 e. The number of aromatic nitrogens is 6. The fourth-order valence-electron chi connectivity index (χ4n) is 23.5. The Labute approximate surface area is 910 Å². The van der Waals surface area contributed by atoms with E-state index in [1.54, 1.807) is 13.8 Å². The quantitative estimate of drug-likeness (QED) is 0.107. The molecule has 0 spiro atoms. The van der Waals surface area contributed by atoms with E-state index in [4.69, 9.17) is 66.3 Å². The summed E-state index contributed by atoms with van der Waals surface area (Å²) in [7, 11) is 3.97. The van der Waals surface area contributed by atoms with Gasteiger partial charge in [0.1, 0.15) is 14.1 Å². The molecule has 6 amide bonds. The topological polar surface area (TPSA) is 181 Å². The molecular formula is C110H118Br8Cl4N12O6+2. The molecule has 10 aromatic rings. The van der Waals surface area contributed by atoms with E-state index >= 15 is 0 Å². The molecule has 30 heteroatoms. The molecule has 6 aliphatic heterocycles. The minimum atomic E-state index is 0.139. The lowest BCUT2D eigenvalue weighted by Crippen LogP contribution is -2.42. The van der Waals surface area contributed by atoms with Crippen molar-refractivity contribution in [3.8, 4) is 0 Å². The normalized spacial score (nSPS) is 19.7. The van der Waals surface area contributed by atoms with Crippen molar-refractivity contribution in [1.82, 2.24) is 49.3 Å². The minimum absolute atomic E-state index is 0.139. The van der Waals surface area contributed by atoms with Gasteiger partial charge in [-0.3, -0.25) is 48.7 Å². The minimum Gasteiger partial charge on any atom is -0.343 e. The number of hydrogen-bond donors (Lipinski definition) is 0. The van der Waals surface area contributed by atoms with Gasteiger partial charge in [-0.25, -0.2) is 9.13 Å². The highest BCUT2D eigenvalue weighted by atomic mass is 79.9. The van der Waals surface area contributed by atoms with Crippen LogP contribution in [0.5, 0.6) is 0 Å². The average molecular weight is 2490 g/mol. The predicted octanol–water partition coefficient (Wildman–Crippen LogP) is 24.3. The van der Waals surface area contributed by atoms with Crippen LogP contribution in [-0.2, 0) is 107 Å². The number of hydrogen-bond acceptors (Lipinski definition) is 10. The number of rotatable bonds is 12. The number of amides is 6. The molecule has 0 saturated carbocycles. The van der Waals surface area contributed by atoms with Crippen molar-refractivity contribution in [3.63, 3.8) is 0 Å². The molecule has 140 heavy (non-hydrogen) atoms. The Hall–Kier alpha value is -6.40. The van der Waals surface area contributed by atoms with Crippen molar-refractivity contribution in [2.75, 3.05) is 78.5 Å². The van der Waals surface area contributed by atoms with Crippen LogP contribution in [0.4, 0.5) is 0 Å². The SMILES string of the molecule is CC(=O)N1CCC(CC(=O)N2CCC(C3c4ccc(Cl)c(Br)c4CCc4cc(Br)cnc43)CC2)CC1.CC(=O)N1CCC(CC(=O)N2CCC(C3c4ccc(Cl)c(Br)c4CCc4cc(Br)cnc43)CC2)CC1.C[n+]1ccc(CC(=O)N2CCC(C3c4ccc(Cl)c(Br)c4CCc4cc(Br)cnc43)CC2)cc1.C[n+]1ccc(CC(=O)N2CCC(C3c4ccc(Cl)c(Br)c4CCc4cc(Br)cnc43)CC2)cc1. The molecule has 20 rings (SSSR count). The highest BCUT2D eigenvalue weighted by Crippen LogP contribution is 2.52. The molecule has 736 valence electrons. The molecule has 6 saturated heterocycles. The smallest absolute Gasteiger partial charge is 0.226 e. The summed E-state index contributed by atoms with van der Waals surface area (Å²) in [6, 6.07) is 33.7. The molecule has 6 aromatic heterocycles. The van der Waals surface area contributed by atoms with Crippen LogP contribution in [0.15, 0.2) is 182 Å².